The third-order valence-electron chi connectivity index (χ3n) is 4.25. The predicted octanol–water partition coefficient (Wildman–Crippen LogP) is 2.56. The molecule has 0 aliphatic carbocycles. The smallest absolute Gasteiger partial charge is 0.344 e. The molecule has 0 aliphatic heterocycles. The van der Waals surface area contributed by atoms with Crippen LogP contribution in [-0.4, -0.2) is 52.4 Å². The van der Waals surface area contributed by atoms with E-state index >= 15 is 0 Å². The Morgan fingerprint density at radius 1 is 0.676 bits per heavy atom. The van der Waals surface area contributed by atoms with Crippen LogP contribution in [0.5, 0.6) is 0 Å². The Labute approximate surface area is 193 Å². The van der Waals surface area contributed by atoms with Crippen molar-refractivity contribution >= 4 is 23.9 Å². The van der Waals surface area contributed by atoms with E-state index in [0.29, 0.717) is 11.3 Å². The monoisotopic (exact) mass is 465 g/mol. The summed E-state index contributed by atoms with van der Waals surface area (Å²) >= 11 is 0. The van der Waals surface area contributed by atoms with E-state index < -0.39 is 37.5 Å². The molecule has 0 amide bonds. The number of esters is 4. The Balaban J connectivity index is 2.09. The van der Waals surface area contributed by atoms with Crippen molar-refractivity contribution in [2.75, 3.05) is 13.6 Å². The Kier molecular flexibility index (Phi) is 7.95. The van der Waals surface area contributed by atoms with E-state index in [9.17, 15) is 19.2 Å². The van der Waals surface area contributed by atoms with Gasteiger partial charge in [0.2, 0.25) is 13.6 Å². The fraction of sp³-hybridized carbons (Fsp3) is 0.174. The molecule has 0 saturated heterocycles. The van der Waals surface area contributed by atoms with Gasteiger partial charge < -0.3 is 18.9 Å². The van der Waals surface area contributed by atoms with Crippen LogP contribution in [-0.2, 0) is 28.5 Å². The number of carbonyl (C=O) groups is 4. The minimum absolute atomic E-state index is 0.0102. The van der Waals surface area contributed by atoms with Gasteiger partial charge in [-0.1, -0.05) is 6.07 Å². The number of hydrogen-bond donors (Lipinski definition) is 0. The van der Waals surface area contributed by atoms with Crippen LogP contribution in [0.15, 0.2) is 55.0 Å². The van der Waals surface area contributed by atoms with Gasteiger partial charge >= 0.3 is 23.9 Å². The number of rotatable bonds is 8. The Morgan fingerprint density at radius 3 is 1.97 bits per heavy atom. The summed E-state index contributed by atoms with van der Waals surface area (Å²) in [7, 11) is 0. The summed E-state index contributed by atoms with van der Waals surface area (Å²) in [5.41, 5.74) is 0.844. The second-order valence-corrected chi connectivity index (χ2v) is 6.57. The first-order chi connectivity index (χ1) is 16.4. The van der Waals surface area contributed by atoms with E-state index in [1.54, 1.807) is 36.5 Å². The fourth-order valence-corrected chi connectivity index (χ4v) is 2.82. The zero-order valence-electron chi connectivity index (χ0n) is 18.2. The quantitative estimate of drug-likeness (QED) is 0.357. The summed E-state index contributed by atoms with van der Waals surface area (Å²) in [4.78, 5) is 60.6. The summed E-state index contributed by atoms with van der Waals surface area (Å²) < 4.78 is 19.3. The minimum Gasteiger partial charge on any atom is -0.428 e. The molecule has 11 heteroatoms. The molecule has 0 radical (unpaired) electrons. The molecule has 174 valence electrons. The summed E-state index contributed by atoms with van der Waals surface area (Å²) in [5, 5.41) is 0. The van der Waals surface area contributed by atoms with E-state index in [2.05, 4.69) is 24.4 Å². The number of carbonyl (C=O) groups excluding carboxylic acids is 4. The third kappa shape index (κ3) is 5.97. The first kappa shape index (κ1) is 24.0. The van der Waals surface area contributed by atoms with Crippen LogP contribution in [0.1, 0.15) is 34.6 Å². The molecule has 3 aromatic heterocycles. The zero-order valence-corrected chi connectivity index (χ0v) is 18.2. The van der Waals surface area contributed by atoms with Crippen molar-refractivity contribution in [1.82, 2.24) is 15.0 Å². The highest BCUT2D eigenvalue weighted by molar-refractivity contribution is 6.07. The molecule has 0 aliphatic rings. The maximum absolute atomic E-state index is 13.0. The Hall–Kier alpha value is -4.67. The van der Waals surface area contributed by atoms with Crippen molar-refractivity contribution in [3.05, 3.63) is 66.1 Å². The lowest BCUT2D eigenvalue weighted by atomic mass is 9.99. The highest BCUT2D eigenvalue weighted by atomic mass is 16.7. The number of ether oxygens (including phenoxy) is 4. The van der Waals surface area contributed by atoms with Gasteiger partial charge in [0.15, 0.2) is 0 Å². The molecule has 0 fully saturated rings. The van der Waals surface area contributed by atoms with Gasteiger partial charge in [-0.3, -0.25) is 24.5 Å². The molecule has 3 aromatic rings. The normalized spacial score (nSPS) is 10.2. The second-order valence-electron chi connectivity index (χ2n) is 6.57. The third-order valence-corrected chi connectivity index (χ3v) is 4.25. The van der Waals surface area contributed by atoms with Crippen molar-refractivity contribution in [2.45, 2.75) is 13.8 Å². The number of aromatic nitrogens is 3. The SMILES string of the molecule is CC(=O)OCOC(=O)c1ccnc(-c2ncccc2-c2ccccn2)c1C(=O)OCOC(C)=O. The lowest BCUT2D eigenvalue weighted by Crippen LogP contribution is -2.19. The van der Waals surface area contributed by atoms with Gasteiger partial charge in [0.25, 0.3) is 0 Å². The summed E-state index contributed by atoms with van der Waals surface area (Å²) in [6.07, 6.45) is 4.37. The molecule has 11 nitrogen and oxygen atoms in total. The summed E-state index contributed by atoms with van der Waals surface area (Å²) in [5.74, 6) is -3.30. The molecule has 0 unspecified atom stereocenters. The van der Waals surface area contributed by atoms with Crippen LogP contribution >= 0.6 is 0 Å². The minimum atomic E-state index is -1.01. The number of hydrogen-bond acceptors (Lipinski definition) is 11. The van der Waals surface area contributed by atoms with Gasteiger partial charge in [0, 0.05) is 38.0 Å². The number of nitrogens with zero attached hydrogens (tertiary/aromatic N) is 3. The van der Waals surface area contributed by atoms with E-state index in [0.717, 1.165) is 13.8 Å². The van der Waals surface area contributed by atoms with E-state index in [-0.39, 0.29) is 22.5 Å². The molecule has 0 bridgehead atoms. The molecule has 0 spiro atoms. The maximum atomic E-state index is 13.0. The molecule has 3 rings (SSSR count). The van der Waals surface area contributed by atoms with Crippen molar-refractivity contribution in [3.8, 4) is 22.6 Å². The van der Waals surface area contributed by atoms with Crippen LogP contribution in [0.4, 0.5) is 0 Å². The molecule has 3 heterocycles. The summed E-state index contributed by atoms with van der Waals surface area (Å²) in [6.45, 7) is 0.959. The van der Waals surface area contributed by atoms with Crippen LogP contribution < -0.4 is 0 Å². The Bertz CT molecular complexity index is 1210. The molecule has 0 saturated carbocycles. The van der Waals surface area contributed by atoms with Crippen LogP contribution in [0.2, 0.25) is 0 Å². The van der Waals surface area contributed by atoms with Crippen molar-refractivity contribution in [3.63, 3.8) is 0 Å². The molecular formula is C23H19N3O8. The van der Waals surface area contributed by atoms with Crippen molar-refractivity contribution in [2.24, 2.45) is 0 Å². The molecule has 34 heavy (non-hydrogen) atoms. The van der Waals surface area contributed by atoms with E-state index in [1.807, 2.05) is 0 Å². The van der Waals surface area contributed by atoms with Gasteiger partial charge in [0.1, 0.15) is 11.3 Å². The molecule has 0 aromatic carbocycles. The van der Waals surface area contributed by atoms with E-state index in [1.165, 1.54) is 18.5 Å². The van der Waals surface area contributed by atoms with Gasteiger partial charge in [-0.05, 0) is 30.3 Å². The summed E-state index contributed by atoms with van der Waals surface area (Å²) in [6, 6.07) is 9.93. The lowest BCUT2D eigenvalue weighted by Gasteiger charge is -2.14. The molecule has 0 N–H and O–H groups in total. The average Bonchev–Trinajstić information content (AvgIpc) is 2.83. The number of pyridine rings is 3. The first-order valence-corrected chi connectivity index (χ1v) is 9.85. The highest BCUT2D eigenvalue weighted by Gasteiger charge is 2.27. The van der Waals surface area contributed by atoms with Crippen LogP contribution in [0.3, 0.4) is 0 Å². The van der Waals surface area contributed by atoms with Gasteiger partial charge in [-0.25, -0.2) is 9.59 Å². The standard InChI is InChI=1S/C23H19N3O8/c1-14(27)31-12-33-22(29)17-8-11-26-21(19(17)23(30)34-13-32-15(2)28)20-16(6-5-10-25-20)18-7-3-4-9-24-18/h3-11H,12-13H2,1-2H3. The molecule has 0 atom stereocenters. The van der Waals surface area contributed by atoms with Crippen LogP contribution in [0, 0.1) is 0 Å². The Morgan fingerprint density at radius 2 is 1.32 bits per heavy atom. The zero-order chi connectivity index (χ0) is 24.5. The maximum Gasteiger partial charge on any atom is 0.344 e. The highest BCUT2D eigenvalue weighted by Crippen LogP contribution is 2.31. The lowest BCUT2D eigenvalue weighted by molar-refractivity contribution is -0.150. The van der Waals surface area contributed by atoms with Crippen LogP contribution in [0.25, 0.3) is 22.6 Å². The first-order valence-electron chi connectivity index (χ1n) is 9.85. The molecular weight excluding hydrogens is 446 g/mol. The van der Waals surface area contributed by atoms with Gasteiger partial charge in [0.05, 0.1) is 17.0 Å². The van der Waals surface area contributed by atoms with E-state index in [4.69, 9.17) is 9.47 Å². The van der Waals surface area contributed by atoms with Crippen molar-refractivity contribution < 1.29 is 38.1 Å². The van der Waals surface area contributed by atoms with Crippen molar-refractivity contribution in [1.29, 1.82) is 0 Å². The second kappa shape index (κ2) is 11.3. The van der Waals surface area contributed by atoms with Gasteiger partial charge in [-0.15, -0.1) is 0 Å². The topological polar surface area (TPSA) is 144 Å². The predicted molar refractivity (Wildman–Crippen MR) is 115 cm³/mol. The fourth-order valence-electron chi connectivity index (χ4n) is 2.82. The largest absolute Gasteiger partial charge is 0.428 e. The average molecular weight is 465 g/mol. The van der Waals surface area contributed by atoms with Gasteiger partial charge in [-0.2, -0.15) is 0 Å².